The molecule has 0 spiro atoms. The summed E-state index contributed by atoms with van der Waals surface area (Å²) in [6.07, 6.45) is 3.51. The summed E-state index contributed by atoms with van der Waals surface area (Å²) in [4.78, 5) is 15.7. The Hall–Kier alpha value is -2.20. The highest BCUT2D eigenvalue weighted by molar-refractivity contribution is 5.78. The van der Waals surface area contributed by atoms with Gasteiger partial charge in [0.1, 0.15) is 0 Å². The van der Waals surface area contributed by atoms with E-state index in [0.29, 0.717) is 13.1 Å². The highest BCUT2D eigenvalue weighted by Gasteiger charge is 2.07. The Kier molecular flexibility index (Phi) is 5.26. The van der Waals surface area contributed by atoms with Gasteiger partial charge in [0.2, 0.25) is 5.91 Å². The molecule has 1 unspecified atom stereocenters. The molecule has 0 radical (unpaired) electrons. The first-order chi connectivity index (χ1) is 9.75. The summed E-state index contributed by atoms with van der Waals surface area (Å²) >= 11 is 0. The van der Waals surface area contributed by atoms with Crippen molar-refractivity contribution in [2.24, 2.45) is 0 Å². The molecule has 0 saturated carbocycles. The summed E-state index contributed by atoms with van der Waals surface area (Å²) < 4.78 is 0. The van der Waals surface area contributed by atoms with Crippen LogP contribution >= 0.6 is 0 Å². The van der Waals surface area contributed by atoms with Crippen LogP contribution in [0.25, 0.3) is 0 Å². The molecule has 1 aromatic heterocycles. The lowest BCUT2D eigenvalue weighted by Crippen LogP contribution is -2.34. The van der Waals surface area contributed by atoms with Gasteiger partial charge in [-0.2, -0.15) is 0 Å². The van der Waals surface area contributed by atoms with Gasteiger partial charge in [-0.15, -0.1) is 0 Å². The van der Waals surface area contributed by atoms with E-state index in [9.17, 15) is 4.79 Å². The minimum Gasteiger partial charge on any atom is -0.351 e. The van der Waals surface area contributed by atoms with Crippen LogP contribution in [0.1, 0.15) is 24.1 Å². The molecule has 0 fully saturated rings. The number of aromatic nitrogens is 1. The summed E-state index contributed by atoms with van der Waals surface area (Å²) in [5.41, 5.74) is 2.22. The molecule has 0 aliphatic heterocycles. The zero-order chi connectivity index (χ0) is 14.2. The van der Waals surface area contributed by atoms with Crippen LogP contribution in [0.5, 0.6) is 0 Å². The Bertz CT molecular complexity index is 528. The average Bonchev–Trinajstić information content (AvgIpc) is 2.52. The largest absolute Gasteiger partial charge is 0.351 e. The van der Waals surface area contributed by atoms with Crippen molar-refractivity contribution in [3.05, 3.63) is 66.0 Å². The Labute approximate surface area is 119 Å². The number of nitrogens with zero attached hydrogens (tertiary/aromatic N) is 1. The minimum atomic E-state index is -0.00485. The molecule has 0 bridgehead atoms. The molecule has 2 rings (SSSR count). The zero-order valence-electron chi connectivity index (χ0n) is 11.5. The summed E-state index contributed by atoms with van der Waals surface area (Å²) in [5.74, 6) is -0.00485. The van der Waals surface area contributed by atoms with Crippen LogP contribution in [0.15, 0.2) is 54.9 Å². The standard InChI is InChI=1S/C16H19N3O/c1-13(15-7-9-17-10-8-15)18-12-16(20)19-11-14-5-3-2-4-6-14/h2-10,13,18H,11-12H2,1H3,(H,19,20). The predicted octanol–water partition coefficient (Wildman–Crippen LogP) is 2.05. The number of nitrogens with one attached hydrogen (secondary N) is 2. The van der Waals surface area contributed by atoms with Gasteiger partial charge in [0.15, 0.2) is 0 Å². The van der Waals surface area contributed by atoms with E-state index < -0.39 is 0 Å². The molecule has 104 valence electrons. The Balaban J connectivity index is 1.73. The molecule has 0 aliphatic carbocycles. The van der Waals surface area contributed by atoms with E-state index in [0.717, 1.165) is 11.1 Å². The third-order valence-corrected chi connectivity index (χ3v) is 3.11. The van der Waals surface area contributed by atoms with Crippen molar-refractivity contribution in [1.29, 1.82) is 0 Å². The van der Waals surface area contributed by atoms with E-state index in [1.54, 1.807) is 12.4 Å². The lowest BCUT2D eigenvalue weighted by Gasteiger charge is -2.13. The quantitative estimate of drug-likeness (QED) is 0.844. The van der Waals surface area contributed by atoms with Gasteiger partial charge in [0, 0.05) is 25.0 Å². The van der Waals surface area contributed by atoms with E-state index in [-0.39, 0.29) is 11.9 Å². The Morgan fingerprint density at radius 3 is 2.55 bits per heavy atom. The Morgan fingerprint density at radius 2 is 1.85 bits per heavy atom. The number of pyridine rings is 1. The number of carbonyl (C=O) groups is 1. The van der Waals surface area contributed by atoms with Crippen LogP contribution in [-0.4, -0.2) is 17.4 Å². The van der Waals surface area contributed by atoms with E-state index in [4.69, 9.17) is 0 Å². The van der Waals surface area contributed by atoms with Crippen molar-refractivity contribution in [2.45, 2.75) is 19.5 Å². The first-order valence-corrected chi connectivity index (χ1v) is 6.69. The van der Waals surface area contributed by atoms with Crippen LogP contribution in [0.4, 0.5) is 0 Å². The second kappa shape index (κ2) is 7.40. The van der Waals surface area contributed by atoms with Gasteiger partial charge < -0.3 is 10.6 Å². The monoisotopic (exact) mass is 269 g/mol. The summed E-state index contributed by atoms with van der Waals surface area (Å²) in [6, 6.07) is 13.9. The number of hydrogen-bond donors (Lipinski definition) is 2. The van der Waals surface area contributed by atoms with Crippen molar-refractivity contribution in [3.63, 3.8) is 0 Å². The predicted molar refractivity (Wildman–Crippen MR) is 78.9 cm³/mol. The zero-order valence-corrected chi connectivity index (χ0v) is 11.5. The molecule has 1 atom stereocenters. The number of amides is 1. The molecule has 4 heteroatoms. The lowest BCUT2D eigenvalue weighted by molar-refractivity contribution is -0.120. The van der Waals surface area contributed by atoms with E-state index in [2.05, 4.69) is 15.6 Å². The van der Waals surface area contributed by atoms with Crippen molar-refractivity contribution in [2.75, 3.05) is 6.54 Å². The fourth-order valence-electron chi connectivity index (χ4n) is 1.87. The normalized spacial score (nSPS) is 11.8. The highest BCUT2D eigenvalue weighted by atomic mass is 16.1. The van der Waals surface area contributed by atoms with Crippen molar-refractivity contribution in [1.82, 2.24) is 15.6 Å². The fourth-order valence-corrected chi connectivity index (χ4v) is 1.87. The molecule has 0 aliphatic rings. The summed E-state index contributed by atoms with van der Waals surface area (Å²) in [7, 11) is 0. The third kappa shape index (κ3) is 4.48. The number of carbonyl (C=O) groups excluding carboxylic acids is 1. The minimum absolute atomic E-state index is 0.00485. The topological polar surface area (TPSA) is 54.0 Å². The van der Waals surface area contributed by atoms with Crippen LogP contribution < -0.4 is 10.6 Å². The Morgan fingerprint density at radius 1 is 1.15 bits per heavy atom. The molecule has 0 saturated heterocycles. The number of hydrogen-bond acceptors (Lipinski definition) is 3. The van der Waals surface area contributed by atoms with E-state index in [1.807, 2.05) is 49.4 Å². The van der Waals surface area contributed by atoms with Crippen LogP contribution in [0.3, 0.4) is 0 Å². The van der Waals surface area contributed by atoms with E-state index in [1.165, 1.54) is 0 Å². The number of benzene rings is 1. The van der Waals surface area contributed by atoms with Crippen LogP contribution in [-0.2, 0) is 11.3 Å². The molecular weight excluding hydrogens is 250 g/mol. The van der Waals surface area contributed by atoms with Crippen molar-refractivity contribution >= 4 is 5.91 Å². The van der Waals surface area contributed by atoms with Gasteiger partial charge in [-0.1, -0.05) is 30.3 Å². The van der Waals surface area contributed by atoms with Crippen molar-refractivity contribution in [3.8, 4) is 0 Å². The maximum Gasteiger partial charge on any atom is 0.234 e. The molecule has 4 nitrogen and oxygen atoms in total. The molecule has 2 aromatic rings. The van der Waals surface area contributed by atoms with Crippen LogP contribution in [0, 0.1) is 0 Å². The molecule has 20 heavy (non-hydrogen) atoms. The fraction of sp³-hybridized carbons (Fsp3) is 0.250. The maximum atomic E-state index is 11.8. The van der Waals surface area contributed by atoms with Gasteiger partial charge in [-0.3, -0.25) is 9.78 Å². The van der Waals surface area contributed by atoms with Crippen LogP contribution in [0.2, 0.25) is 0 Å². The molecular formula is C16H19N3O. The molecule has 2 N–H and O–H groups in total. The van der Waals surface area contributed by atoms with Crippen molar-refractivity contribution < 1.29 is 4.79 Å². The van der Waals surface area contributed by atoms with Gasteiger partial charge in [0.25, 0.3) is 0 Å². The average molecular weight is 269 g/mol. The molecule has 1 heterocycles. The highest BCUT2D eigenvalue weighted by Crippen LogP contribution is 2.09. The first-order valence-electron chi connectivity index (χ1n) is 6.69. The van der Waals surface area contributed by atoms with Gasteiger partial charge in [-0.25, -0.2) is 0 Å². The SMILES string of the molecule is CC(NCC(=O)NCc1ccccc1)c1ccncc1. The lowest BCUT2D eigenvalue weighted by atomic mass is 10.1. The number of rotatable bonds is 6. The summed E-state index contributed by atoms with van der Waals surface area (Å²) in [5, 5.41) is 6.09. The maximum absolute atomic E-state index is 11.8. The first kappa shape index (κ1) is 14.2. The molecule has 1 amide bonds. The summed E-state index contributed by atoms with van der Waals surface area (Å²) in [6.45, 7) is 2.89. The second-order valence-electron chi connectivity index (χ2n) is 4.65. The van der Waals surface area contributed by atoms with Gasteiger partial charge in [0.05, 0.1) is 6.54 Å². The van der Waals surface area contributed by atoms with Gasteiger partial charge >= 0.3 is 0 Å². The van der Waals surface area contributed by atoms with E-state index >= 15 is 0 Å². The molecule has 1 aromatic carbocycles. The van der Waals surface area contributed by atoms with Gasteiger partial charge in [-0.05, 0) is 30.2 Å². The third-order valence-electron chi connectivity index (χ3n) is 3.11. The smallest absolute Gasteiger partial charge is 0.234 e. The second-order valence-corrected chi connectivity index (χ2v) is 4.65.